The first kappa shape index (κ1) is 13.5. The average molecular weight is 281 g/mol. The molecule has 2 aromatic heterocycles. The Morgan fingerprint density at radius 1 is 1.24 bits per heavy atom. The van der Waals surface area contributed by atoms with E-state index in [0.717, 1.165) is 16.5 Å². The number of nitrogens with one attached hydrogen (secondary N) is 1. The molecule has 0 unspecified atom stereocenters. The molecule has 0 saturated heterocycles. The van der Waals surface area contributed by atoms with Crippen molar-refractivity contribution in [1.29, 1.82) is 0 Å². The van der Waals surface area contributed by atoms with Crippen LogP contribution in [0, 0.1) is 0 Å². The number of nitrogens with zero attached hydrogens (tertiary/aromatic N) is 2. The first-order chi connectivity index (χ1) is 10.3. The van der Waals surface area contributed by atoms with Gasteiger partial charge in [0.2, 0.25) is 0 Å². The van der Waals surface area contributed by atoms with Crippen LogP contribution < -0.4 is 5.56 Å². The molecule has 3 aromatic rings. The van der Waals surface area contributed by atoms with Crippen molar-refractivity contribution in [3.05, 3.63) is 58.8 Å². The van der Waals surface area contributed by atoms with Crippen LogP contribution in [0.15, 0.2) is 47.4 Å². The average Bonchev–Trinajstić information content (AvgIpc) is 2.52. The second-order valence-electron chi connectivity index (χ2n) is 4.59. The molecule has 0 aliphatic heterocycles. The second-order valence-corrected chi connectivity index (χ2v) is 4.59. The van der Waals surface area contributed by atoms with E-state index in [2.05, 4.69) is 15.0 Å². The van der Waals surface area contributed by atoms with Crippen LogP contribution >= 0.6 is 0 Å². The molecule has 106 valence electrons. The summed E-state index contributed by atoms with van der Waals surface area (Å²) in [5.41, 5.74) is 2.22. The normalized spacial score (nSPS) is 10.9. The SMILES string of the molecule is CCOCc1nc(-c2cccc3ncccc23)cc(=O)[nH]1. The van der Waals surface area contributed by atoms with Gasteiger partial charge in [0.15, 0.2) is 0 Å². The van der Waals surface area contributed by atoms with E-state index in [-0.39, 0.29) is 5.56 Å². The first-order valence-corrected chi connectivity index (χ1v) is 6.80. The standard InChI is InChI=1S/C16H15N3O2/c1-2-21-10-15-18-14(9-16(20)19-15)12-5-3-7-13-11(12)6-4-8-17-13/h3-9H,2,10H2,1H3,(H,18,19,20). The molecule has 0 bridgehead atoms. The van der Waals surface area contributed by atoms with Gasteiger partial charge in [-0.1, -0.05) is 18.2 Å². The monoisotopic (exact) mass is 281 g/mol. The molecule has 0 spiro atoms. The molecule has 1 aromatic carbocycles. The molecule has 0 aliphatic rings. The molecule has 3 rings (SSSR count). The second kappa shape index (κ2) is 5.85. The maximum Gasteiger partial charge on any atom is 0.251 e. The lowest BCUT2D eigenvalue weighted by molar-refractivity contribution is 0.128. The minimum absolute atomic E-state index is 0.185. The Labute approximate surface area is 121 Å². The van der Waals surface area contributed by atoms with Gasteiger partial charge in [-0.15, -0.1) is 0 Å². The van der Waals surface area contributed by atoms with Gasteiger partial charge >= 0.3 is 0 Å². The number of ether oxygens (including phenoxy) is 1. The molecule has 1 N–H and O–H groups in total. The largest absolute Gasteiger partial charge is 0.374 e. The van der Waals surface area contributed by atoms with E-state index in [4.69, 9.17) is 4.74 Å². The number of H-pyrrole nitrogens is 1. The van der Waals surface area contributed by atoms with Crippen molar-refractivity contribution in [3.8, 4) is 11.3 Å². The third-order valence-corrected chi connectivity index (χ3v) is 3.16. The van der Waals surface area contributed by atoms with E-state index >= 15 is 0 Å². The van der Waals surface area contributed by atoms with Crippen LogP contribution in [-0.4, -0.2) is 21.6 Å². The lowest BCUT2D eigenvalue weighted by atomic mass is 10.1. The first-order valence-electron chi connectivity index (χ1n) is 6.80. The molecular weight excluding hydrogens is 266 g/mol. The van der Waals surface area contributed by atoms with Crippen LogP contribution in [-0.2, 0) is 11.3 Å². The number of hydrogen-bond acceptors (Lipinski definition) is 4. The highest BCUT2D eigenvalue weighted by molar-refractivity contribution is 5.93. The number of fused-ring (bicyclic) bond motifs is 1. The summed E-state index contributed by atoms with van der Waals surface area (Å²) in [6.07, 6.45) is 1.75. The maximum absolute atomic E-state index is 11.8. The van der Waals surface area contributed by atoms with Gasteiger partial charge in [0.05, 0.1) is 11.2 Å². The molecule has 0 atom stereocenters. The van der Waals surface area contributed by atoms with Crippen LogP contribution in [0.25, 0.3) is 22.2 Å². The quantitative estimate of drug-likeness (QED) is 0.798. The number of aromatic nitrogens is 3. The molecule has 2 heterocycles. The Hall–Kier alpha value is -2.53. The summed E-state index contributed by atoms with van der Waals surface area (Å²) < 4.78 is 5.31. The fraction of sp³-hybridized carbons (Fsp3) is 0.188. The zero-order valence-corrected chi connectivity index (χ0v) is 11.7. The van der Waals surface area contributed by atoms with Crippen molar-refractivity contribution in [1.82, 2.24) is 15.0 Å². The van der Waals surface area contributed by atoms with Crippen molar-refractivity contribution in [2.75, 3.05) is 6.61 Å². The van der Waals surface area contributed by atoms with E-state index in [1.807, 2.05) is 37.3 Å². The van der Waals surface area contributed by atoms with E-state index in [9.17, 15) is 4.79 Å². The minimum atomic E-state index is -0.185. The molecule has 5 heteroatoms. The molecule has 0 fully saturated rings. The lowest BCUT2D eigenvalue weighted by Crippen LogP contribution is -2.12. The van der Waals surface area contributed by atoms with Gasteiger partial charge in [0.25, 0.3) is 5.56 Å². The fourth-order valence-electron chi connectivity index (χ4n) is 2.24. The van der Waals surface area contributed by atoms with Gasteiger partial charge in [-0.05, 0) is 19.1 Å². The number of hydrogen-bond donors (Lipinski definition) is 1. The van der Waals surface area contributed by atoms with E-state index < -0.39 is 0 Å². The number of rotatable bonds is 4. The molecular formula is C16H15N3O2. The summed E-state index contributed by atoms with van der Waals surface area (Å²) in [5.74, 6) is 0.528. The van der Waals surface area contributed by atoms with Crippen LogP contribution in [0.1, 0.15) is 12.7 Å². The zero-order chi connectivity index (χ0) is 14.7. The Bertz CT molecular complexity index is 822. The van der Waals surface area contributed by atoms with Crippen LogP contribution in [0.2, 0.25) is 0 Å². The van der Waals surface area contributed by atoms with Gasteiger partial charge < -0.3 is 9.72 Å². The lowest BCUT2D eigenvalue weighted by Gasteiger charge is -2.07. The Balaban J connectivity index is 2.14. The third kappa shape index (κ3) is 2.83. The van der Waals surface area contributed by atoms with Crippen LogP contribution in [0.5, 0.6) is 0 Å². The van der Waals surface area contributed by atoms with Crippen molar-refractivity contribution < 1.29 is 4.74 Å². The Kier molecular flexibility index (Phi) is 3.75. The summed E-state index contributed by atoms with van der Waals surface area (Å²) >= 11 is 0. The molecule has 0 saturated carbocycles. The van der Waals surface area contributed by atoms with Crippen LogP contribution in [0.4, 0.5) is 0 Å². The van der Waals surface area contributed by atoms with Gasteiger partial charge in [0, 0.05) is 29.8 Å². The Morgan fingerprint density at radius 2 is 2.14 bits per heavy atom. The highest BCUT2D eigenvalue weighted by Gasteiger charge is 2.08. The predicted octanol–water partition coefficient (Wildman–Crippen LogP) is 2.52. The van der Waals surface area contributed by atoms with Gasteiger partial charge in [0.1, 0.15) is 12.4 Å². The molecule has 5 nitrogen and oxygen atoms in total. The minimum Gasteiger partial charge on any atom is -0.374 e. The fourth-order valence-corrected chi connectivity index (χ4v) is 2.24. The molecule has 21 heavy (non-hydrogen) atoms. The van der Waals surface area contributed by atoms with E-state index in [1.165, 1.54) is 6.07 Å². The van der Waals surface area contributed by atoms with Crippen molar-refractivity contribution >= 4 is 10.9 Å². The van der Waals surface area contributed by atoms with Gasteiger partial charge in [-0.25, -0.2) is 4.98 Å². The van der Waals surface area contributed by atoms with E-state index in [1.54, 1.807) is 6.20 Å². The summed E-state index contributed by atoms with van der Waals surface area (Å²) in [4.78, 5) is 23.3. The summed E-state index contributed by atoms with van der Waals surface area (Å²) in [6, 6.07) is 11.1. The number of benzene rings is 1. The summed E-state index contributed by atoms with van der Waals surface area (Å²) in [5, 5.41) is 0.973. The zero-order valence-electron chi connectivity index (χ0n) is 11.7. The number of pyridine rings is 1. The highest BCUT2D eigenvalue weighted by atomic mass is 16.5. The summed E-state index contributed by atoms with van der Waals surface area (Å²) in [6.45, 7) is 2.77. The van der Waals surface area contributed by atoms with Crippen molar-refractivity contribution in [2.24, 2.45) is 0 Å². The van der Waals surface area contributed by atoms with Gasteiger partial charge in [-0.3, -0.25) is 9.78 Å². The van der Waals surface area contributed by atoms with Crippen molar-refractivity contribution in [2.45, 2.75) is 13.5 Å². The number of aromatic amines is 1. The van der Waals surface area contributed by atoms with Crippen LogP contribution in [0.3, 0.4) is 0 Å². The third-order valence-electron chi connectivity index (χ3n) is 3.16. The molecule has 0 amide bonds. The van der Waals surface area contributed by atoms with Crippen molar-refractivity contribution in [3.63, 3.8) is 0 Å². The maximum atomic E-state index is 11.8. The molecule has 0 radical (unpaired) electrons. The topological polar surface area (TPSA) is 67.9 Å². The van der Waals surface area contributed by atoms with E-state index in [0.29, 0.717) is 24.7 Å². The van der Waals surface area contributed by atoms with Gasteiger partial charge in [-0.2, -0.15) is 0 Å². The highest BCUT2D eigenvalue weighted by Crippen LogP contribution is 2.25. The Morgan fingerprint density at radius 3 is 3.00 bits per heavy atom. The smallest absolute Gasteiger partial charge is 0.251 e. The summed E-state index contributed by atoms with van der Waals surface area (Å²) in [7, 11) is 0. The molecule has 0 aliphatic carbocycles. The predicted molar refractivity (Wildman–Crippen MR) is 80.9 cm³/mol.